The van der Waals surface area contributed by atoms with E-state index < -0.39 is 0 Å². The molecule has 3 aromatic rings. The van der Waals surface area contributed by atoms with E-state index in [2.05, 4.69) is 10.3 Å². The Hall–Kier alpha value is -2.67. The normalized spacial score (nSPS) is 15.4. The van der Waals surface area contributed by atoms with Gasteiger partial charge >= 0.3 is 0 Å². The molecule has 0 unspecified atom stereocenters. The predicted molar refractivity (Wildman–Crippen MR) is 105 cm³/mol. The van der Waals surface area contributed by atoms with Gasteiger partial charge in [-0.3, -0.25) is 4.79 Å². The topological polar surface area (TPSA) is 73.6 Å². The summed E-state index contributed by atoms with van der Waals surface area (Å²) in [5.41, 5.74) is 3.21. The van der Waals surface area contributed by atoms with Crippen LogP contribution in [0.25, 0.3) is 11.1 Å². The average molecular weight is 384 g/mol. The number of carbonyl (C=O) groups is 1. The first-order valence-electron chi connectivity index (χ1n) is 8.87. The number of rotatable bonds is 6. The van der Waals surface area contributed by atoms with E-state index in [1.807, 2.05) is 50.2 Å². The Kier molecular flexibility index (Phi) is 4.94. The third-order valence-corrected chi connectivity index (χ3v) is 5.00. The zero-order valence-electron chi connectivity index (χ0n) is 15.2. The molecule has 1 atom stereocenters. The maximum absolute atomic E-state index is 12.4. The van der Waals surface area contributed by atoms with E-state index in [1.165, 1.54) is 11.8 Å². The van der Waals surface area contributed by atoms with Crippen molar-refractivity contribution in [2.75, 3.05) is 17.7 Å². The third kappa shape index (κ3) is 3.88. The fourth-order valence-corrected chi connectivity index (χ4v) is 3.68. The summed E-state index contributed by atoms with van der Waals surface area (Å²) in [4.78, 5) is 16.8. The first-order chi connectivity index (χ1) is 13.1. The molecule has 2 heterocycles. The number of fused-ring (bicyclic) bond motifs is 2. The summed E-state index contributed by atoms with van der Waals surface area (Å²) in [5.74, 6) is 1.49. The highest BCUT2D eigenvalue weighted by atomic mass is 32.2. The lowest BCUT2D eigenvalue weighted by molar-refractivity contribution is -0.113. The number of nitrogens with zero attached hydrogens (tertiary/aromatic N) is 1. The Morgan fingerprint density at radius 3 is 3.04 bits per heavy atom. The second-order valence-corrected chi connectivity index (χ2v) is 7.23. The third-order valence-electron chi connectivity index (χ3n) is 4.17. The summed E-state index contributed by atoms with van der Waals surface area (Å²) in [6, 6.07) is 11.3. The van der Waals surface area contributed by atoms with E-state index in [-0.39, 0.29) is 17.8 Å². The molecule has 7 heteroatoms. The minimum atomic E-state index is -0.158. The lowest BCUT2D eigenvalue weighted by Gasteiger charge is -2.13. The van der Waals surface area contributed by atoms with Gasteiger partial charge in [0.15, 0.2) is 5.58 Å². The molecule has 0 saturated carbocycles. The number of carbonyl (C=O) groups excluding carboxylic acids is 1. The molecule has 0 bridgehead atoms. The molecule has 0 aliphatic carbocycles. The molecule has 0 radical (unpaired) electrons. The quantitative estimate of drug-likeness (QED) is 0.640. The number of anilines is 1. The van der Waals surface area contributed by atoms with Crippen molar-refractivity contribution < 1.29 is 18.7 Å². The van der Waals surface area contributed by atoms with Crippen LogP contribution in [0.1, 0.15) is 19.4 Å². The summed E-state index contributed by atoms with van der Waals surface area (Å²) in [7, 11) is 0. The van der Waals surface area contributed by atoms with Crippen LogP contribution in [0.15, 0.2) is 46.0 Å². The lowest BCUT2D eigenvalue weighted by Crippen LogP contribution is -2.15. The van der Waals surface area contributed by atoms with Crippen LogP contribution in [0.5, 0.6) is 11.5 Å². The van der Waals surface area contributed by atoms with E-state index in [0.717, 1.165) is 23.3 Å². The molecule has 1 amide bonds. The molecule has 1 N–H and O–H groups in total. The van der Waals surface area contributed by atoms with Gasteiger partial charge in [-0.1, -0.05) is 23.9 Å². The van der Waals surface area contributed by atoms with Crippen molar-refractivity contribution in [1.29, 1.82) is 0 Å². The van der Waals surface area contributed by atoms with Crippen LogP contribution in [0.2, 0.25) is 0 Å². The molecule has 4 rings (SSSR count). The number of benzene rings is 2. The zero-order chi connectivity index (χ0) is 18.8. The SMILES string of the molecule is CCOc1cc2c(cc1NC(=O)CSc1nc3ccccc3o1)O[C@H](C)C2. The average Bonchev–Trinajstić information content (AvgIpc) is 3.22. The van der Waals surface area contributed by atoms with Crippen molar-refractivity contribution in [3.8, 4) is 11.5 Å². The van der Waals surface area contributed by atoms with Gasteiger partial charge in [0, 0.05) is 18.1 Å². The molecule has 2 aromatic carbocycles. The lowest BCUT2D eigenvalue weighted by atomic mass is 10.1. The van der Waals surface area contributed by atoms with Crippen molar-refractivity contribution in [2.24, 2.45) is 0 Å². The number of hydrogen-bond acceptors (Lipinski definition) is 6. The molecule has 27 heavy (non-hydrogen) atoms. The monoisotopic (exact) mass is 384 g/mol. The van der Waals surface area contributed by atoms with Crippen LogP contribution < -0.4 is 14.8 Å². The molecule has 140 valence electrons. The van der Waals surface area contributed by atoms with Gasteiger partial charge in [-0.2, -0.15) is 0 Å². The van der Waals surface area contributed by atoms with Gasteiger partial charge in [-0.25, -0.2) is 4.98 Å². The molecule has 6 nitrogen and oxygen atoms in total. The van der Waals surface area contributed by atoms with Gasteiger partial charge in [0.05, 0.1) is 18.0 Å². The van der Waals surface area contributed by atoms with Crippen molar-refractivity contribution in [2.45, 2.75) is 31.6 Å². The van der Waals surface area contributed by atoms with Crippen molar-refractivity contribution in [1.82, 2.24) is 4.98 Å². The first-order valence-corrected chi connectivity index (χ1v) is 9.85. The Morgan fingerprint density at radius 2 is 2.22 bits per heavy atom. The Labute approximate surface area is 161 Å². The standard InChI is InChI=1S/C20H20N2O4S/c1-3-24-18-9-13-8-12(2)25-17(13)10-15(18)21-19(23)11-27-20-22-14-6-4-5-7-16(14)26-20/h4-7,9-10,12H,3,8,11H2,1-2H3,(H,21,23)/t12-/m1/s1. The molecule has 0 fully saturated rings. The zero-order valence-corrected chi connectivity index (χ0v) is 16.0. The molecule has 0 saturated heterocycles. The molecule has 1 aromatic heterocycles. The number of hydrogen-bond donors (Lipinski definition) is 1. The maximum atomic E-state index is 12.4. The molecular formula is C20H20N2O4S. The summed E-state index contributed by atoms with van der Waals surface area (Å²) < 4.78 is 17.1. The predicted octanol–water partition coefficient (Wildman–Crippen LogP) is 4.28. The van der Waals surface area contributed by atoms with Gasteiger partial charge < -0.3 is 19.2 Å². The fourth-order valence-electron chi connectivity index (χ4n) is 3.04. The van der Waals surface area contributed by atoms with E-state index in [0.29, 0.717) is 28.8 Å². The van der Waals surface area contributed by atoms with E-state index >= 15 is 0 Å². The Morgan fingerprint density at radius 1 is 1.37 bits per heavy atom. The number of aromatic nitrogens is 1. The Bertz CT molecular complexity index is 952. The van der Waals surface area contributed by atoms with Crippen LogP contribution >= 0.6 is 11.8 Å². The van der Waals surface area contributed by atoms with Crippen LogP contribution in [-0.4, -0.2) is 29.4 Å². The molecule has 1 aliphatic heterocycles. The fraction of sp³-hybridized carbons (Fsp3) is 0.300. The van der Waals surface area contributed by atoms with Crippen LogP contribution in [-0.2, 0) is 11.2 Å². The summed E-state index contributed by atoms with van der Waals surface area (Å²) in [5, 5.41) is 3.38. The van der Waals surface area contributed by atoms with Gasteiger partial charge in [0.2, 0.25) is 5.91 Å². The maximum Gasteiger partial charge on any atom is 0.257 e. The summed E-state index contributed by atoms with van der Waals surface area (Å²) in [6.45, 7) is 4.46. The number of oxazole rings is 1. The van der Waals surface area contributed by atoms with Gasteiger partial charge in [-0.05, 0) is 32.0 Å². The number of nitrogens with one attached hydrogen (secondary N) is 1. The van der Waals surface area contributed by atoms with Crippen LogP contribution in [0, 0.1) is 0 Å². The van der Waals surface area contributed by atoms with Gasteiger partial charge in [-0.15, -0.1) is 0 Å². The first kappa shape index (κ1) is 17.7. The number of para-hydroxylation sites is 2. The molecule has 1 aliphatic rings. The number of thioether (sulfide) groups is 1. The number of amides is 1. The smallest absolute Gasteiger partial charge is 0.257 e. The second-order valence-electron chi connectivity index (χ2n) is 6.31. The van der Waals surface area contributed by atoms with E-state index in [4.69, 9.17) is 13.9 Å². The van der Waals surface area contributed by atoms with E-state index in [9.17, 15) is 4.79 Å². The highest BCUT2D eigenvalue weighted by Gasteiger charge is 2.22. The molecule has 0 spiro atoms. The van der Waals surface area contributed by atoms with Crippen molar-refractivity contribution >= 4 is 34.5 Å². The summed E-state index contributed by atoms with van der Waals surface area (Å²) >= 11 is 1.26. The Balaban J connectivity index is 1.45. The molecular weight excluding hydrogens is 364 g/mol. The largest absolute Gasteiger partial charge is 0.492 e. The highest BCUT2D eigenvalue weighted by molar-refractivity contribution is 7.99. The second kappa shape index (κ2) is 7.52. The highest BCUT2D eigenvalue weighted by Crippen LogP contribution is 2.38. The van der Waals surface area contributed by atoms with Gasteiger partial charge in [0.25, 0.3) is 5.22 Å². The summed E-state index contributed by atoms with van der Waals surface area (Å²) in [6.07, 6.45) is 0.979. The van der Waals surface area contributed by atoms with Gasteiger partial charge in [0.1, 0.15) is 23.1 Å². The minimum absolute atomic E-state index is 0.134. The van der Waals surface area contributed by atoms with Crippen molar-refractivity contribution in [3.63, 3.8) is 0 Å². The van der Waals surface area contributed by atoms with Crippen LogP contribution in [0.3, 0.4) is 0 Å². The van der Waals surface area contributed by atoms with E-state index in [1.54, 1.807) is 0 Å². The van der Waals surface area contributed by atoms with Crippen LogP contribution in [0.4, 0.5) is 5.69 Å². The van der Waals surface area contributed by atoms with Crippen molar-refractivity contribution in [3.05, 3.63) is 42.0 Å². The minimum Gasteiger partial charge on any atom is -0.492 e. The number of ether oxygens (including phenoxy) is 2.